The Balaban J connectivity index is 1.85. The lowest BCUT2D eigenvalue weighted by Crippen LogP contribution is -2.40. The highest BCUT2D eigenvalue weighted by molar-refractivity contribution is 9.09. The van der Waals surface area contributed by atoms with Crippen LogP contribution in [-0.4, -0.2) is 17.8 Å². The third-order valence-corrected chi connectivity index (χ3v) is 5.30. The third kappa shape index (κ3) is 4.30. The van der Waals surface area contributed by atoms with Crippen LogP contribution in [0.3, 0.4) is 0 Å². The molecule has 1 amide bonds. The van der Waals surface area contributed by atoms with Crippen LogP contribution in [-0.2, 0) is 11.2 Å². The van der Waals surface area contributed by atoms with Gasteiger partial charge in [-0.2, -0.15) is 0 Å². The van der Waals surface area contributed by atoms with Crippen LogP contribution in [0, 0.1) is 11.2 Å². The normalized spacial score (nSPS) is 17.7. The second-order valence-corrected chi connectivity index (χ2v) is 6.34. The second kappa shape index (κ2) is 7.21. The van der Waals surface area contributed by atoms with E-state index in [2.05, 4.69) is 21.2 Å². The van der Waals surface area contributed by atoms with Crippen LogP contribution in [0.25, 0.3) is 0 Å². The summed E-state index contributed by atoms with van der Waals surface area (Å²) in [5.74, 6) is -0.319. The van der Waals surface area contributed by atoms with Crippen molar-refractivity contribution in [3.8, 4) is 0 Å². The van der Waals surface area contributed by atoms with Crippen LogP contribution >= 0.6 is 15.9 Å². The number of nitrogens with one attached hydrogen (secondary N) is 1. The first-order valence-electron chi connectivity index (χ1n) is 7.21. The molecule has 2 rings (SSSR count). The molecule has 0 radical (unpaired) electrons. The van der Waals surface area contributed by atoms with Crippen molar-refractivity contribution in [1.29, 1.82) is 0 Å². The van der Waals surface area contributed by atoms with Gasteiger partial charge in [-0.15, -0.1) is 0 Å². The average Bonchev–Trinajstić information content (AvgIpc) is 2.46. The average molecular weight is 342 g/mol. The predicted molar refractivity (Wildman–Crippen MR) is 82.4 cm³/mol. The van der Waals surface area contributed by atoms with Crippen molar-refractivity contribution in [2.45, 2.75) is 38.5 Å². The zero-order chi connectivity index (χ0) is 14.4. The number of hydrogen-bond donors (Lipinski definition) is 1. The summed E-state index contributed by atoms with van der Waals surface area (Å²) in [5, 5.41) is 3.95. The zero-order valence-electron chi connectivity index (χ0n) is 11.6. The van der Waals surface area contributed by atoms with Gasteiger partial charge in [0.2, 0.25) is 5.91 Å². The Bertz CT molecular complexity index is 458. The summed E-state index contributed by atoms with van der Waals surface area (Å²) >= 11 is 3.59. The molecule has 1 fully saturated rings. The highest BCUT2D eigenvalue weighted by Crippen LogP contribution is 2.37. The molecule has 0 spiro atoms. The first kappa shape index (κ1) is 15.5. The molecule has 1 N–H and O–H groups in total. The van der Waals surface area contributed by atoms with Gasteiger partial charge in [0.15, 0.2) is 0 Å². The van der Waals surface area contributed by atoms with Gasteiger partial charge < -0.3 is 5.32 Å². The molecular formula is C16H21BrFNO. The van der Waals surface area contributed by atoms with Gasteiger partial charge in [0.05, 0.1) is 6.42 Å². The number of hydrogen-bond acceptors (Lipinski definition) is 1. The zero-order valence-corrected chi connectivity index (χ0v) is 13.2. The molecule has 1 saturated carbocycles. The molecule has 0 aromatic heterocycles. The molecule has 0 bridgehead atoms. The van der Waals surface area contributed by atoms with E-state index in [4.69, 9.17) is 0 Å². The fourth-order valence-electron chi connectivity index (χ4n) is 2.84. The van der Waals surface area contributed by atoms with Gasteiger partial charge in [-0.05, 0) is 36.0 Å². The lowest BCUT2D eigenvalue weighted by atomic mass is 9.75. The molecule has 1 aromatic rings. The summed E-state index contributed by atoms with van der Waals surface area (Å²) in [6.07, 6.45) is 6.36. The van der Waals surface area contributed by atoms with Crippen molar-refractivity contribution in [3.63, 3.8) is 0 Å². The lowest BCUT2D eigenvalue weighted by molar-refractivity contribution is -0.121. The molecule has 4 heteroatoms. The van der Waals surface area contributed by atoms with Crippen molar-refractivity contribution in [1.82, 2.24) is 5.32 Å². The fourth-order valence-corrected chi connectivity index (χ4v) is 3.60. The second-order valence-electron chi connectivity index (χ2n) is 5.78. The number of benzene rings is 1. The number of rotatable bonds is 5. The van der Waals surface area contributed by atoms with Crippen molar-refractivity contribution in [2.75, 3.05) is 11.9 Å². The Morgan fingerprint density at radius 3 is 2.70 bits per heavy atom. The summed E-state index contributed by atoms with van der Waals surface area (Å²) in [6, 6.07) is 6.23. The quantitative estimate of drug-likeness (QED) is 0.810. The minimum atomic E-state index is -0.292. The van der Waals surface area contributed by atoms with Crippen molar-refractivity contribution in [3.05, 3.63) is 35.6 Å². The maximum atomic E-state index is 13.1. The third-order valence-electron chi connectivity index (χ3n) is 4.11. The van der Waals surface area contributed by atoms with E-state index in [9.17, 15) is 9.18 Å². The summed E-state index contributed by atoms with van der Waals surface area (Å²) < 4.78 is 13.1. The molecule has 0 saturated heterocycles. The van der Waals surface area contributed by atoms with Gasteiger partial charge in [-0.25, -0.2) is 4.39 Å². The molecule has 110 valence electrons. The van der Waals surface area contributed by atoms with E-state index in [0.29, 0.717) is 6.54 Å². The fraction of sp³-hybridized carbons (Fsp3) is 0.562. The SMILES string of the molecule is O=C(Cc1cccc(F)c1)NCC1(CBr)CCCCC1. The van der Waals surface area contributed by atoms with Crippen molar-refractivity contribution < 1.29 is 9.18 Å². The highest BCUT2D eigenvalue weighted by Gasteiger charge is 2.31. The van der Waals surface area contributed by atoms with Crippen LogP contribution in [0.2, 0.25) is 0 Å². The van der Waals surface area contributed by atoms with Crippen molar-refractivity contribution >= 4 is 21.8 Å². The van der Waals surface area contributed by atoms with E-state index in [-0.39, 0.29) is 23.6 Å². The summed E-state index contributed by atoms with van der Waals surface area (Å²) in [4.78, 5) is 12.0. The molecular weight excluding hydrogens is 321 g/mol. The maximum absolute atomic E-state index is 13.1. The van der Waals surface area contributed by atoms with Crippen LogP contribution in [0.5, 0.6) is 0 Å². The molecule has 1 aromatic carbocycles. The minimum absolute atomic E-state index is 0.0264. The monoisotopic (exact) mass is 341 g/mol. The van der Waals surface area contributed by atoms with Crippen LogP contribution in [0.1, 0.15) is 37.7 Å². The Morgan fingerprint density at radius 2 is 2.05 bits per heavy atom. The summed E-state index contributed by atoms with van der Waals surface area (Å²) in [6.45, 7) is 0.715. The number of amides is 1. The number of carbonyl (C=O) groups excluding carboxylic acids is 1. The predicted octanol–water partition coefficient (Wildman–Crippen LogP) is 3.83. The first-order chi connectivity index (χ1) is 9.63. The van der Waals surface area contributed by atoms with E-state index in [1.807, 2.05) is 0 Å². The van der Waals surface area contributed by atoms with E-state index in [0.717, 1.165) is 10.9 Å². The van der Waals surface area contributed by atoms with E-state index in [1.54, 1.807) is 12.1 Å². The van der Waals surface area contributed by atoms with Crippen LogP contribution in [0.15, 0.2) is 24.3 Å². The van der Waals surface area contributed by atoms with Crippen LogP contribution < -0.4 is 5.32 Å². The topological polar surface area (TPSA) is 29.1 Å². The first-order valence-corrected chi connectivity index (χ1v) is 8.33. The van der Waals surface area contributed by atoms with Crippen LogP contribution in [0.4, 0.5) is 4.39 Å². The van der Waals surface area contributed by atoms with Gasteiger partial charge in [0.1, 0.15) is 5.82 Å². The van der Waals surface area contributed by atoms with Crippen molar-refractivity contribution in [2.24, 2.45) is 5.41 Å². The number of carbonyl (C=O) groups is 1. The van der Waals surface area contributed by atoms with E-state index < -0.39 is 0 Å². The maximum Gasteiger partial charge on any atom is 0.224 e. The molecule has 1 aliphatic rings. The number of halogens is 2. The minimum Gasteiger partial charge on any atom is -0.355 e. The summed E-state index contributed by atoms with van der Waals surface area (Å²) in [7, 11) is 0. The molecule has 2 nitrogen and oxygen atoms in total. The largest absolute Gasteiger partial charge is 0.355 e. The number of alkyl halides is 1. The molecule has 20 heavy (non-hydrogen) atoms. The Kier molecular flexibility index (Phi) is 5.58. The Hall–Kier alpha value is -0.900. The molecule has 1 aliphatic carbocycles. The van der Waals surface area contributed by atoms with E-state index in [1.165, 1.54) is 44.2 Å². The molecule has 0 atom stereocenters. The lowest BCUT2D eigenvalue weighted by Gasteiger charge is -2.35. The standard InChI is InChI=1S/C16H21BrFNO/c17-11-16(7-2-1-3-8-16)12-19-15(20)10-13-5-4-6-14(18)9-13/h4-6,9H,1-3,7-8,10-12H2,(H,19,20). The highest BCUT2D eigenvalue weighted by atomic mass is 79.9. The Morgan fingerprint density at radius 1 is 1.30 bits per heavy atom. The van der Waals surface area contributed by atoms with Gasteiger partial charge in [-0.1, -0.05) is 47.3 Å². The molecule has 0 unspecified atom stereocenters. The smallest absolute Gasteiger partial charge is 0.224 e. The van der Waals surface area contributed by atoms with Gasteiger partial charge in [-0.3, -0.25) is 4.79 Å². The van der Waals surface area contributed by atoms with Gasteiger partial charge in [0, 0.05) is 11.9 Å². The molecule has 0 aliphatic heterocycles. The Labute approximate surface area is 128 Å². The van der Waals surface area contributed by atoms with Gasteiger partial charge in [0.25, 0.3) is 0 Å². The van der Waals surface area contributed by atoms with Gasteiger partial charge >= 0.3 is 0 Å². The van der Waals surface area contributed by atoms with E-state index >= 15 is 0 Å². The summed E-state index contributed by atoms with van der Waals surface area (Å²) in [5.41, 5.74) is 0.926. The molecule has 0 heterocycles.